The van der Waals surface area contributed by atoms with Crippen molar-refractivity contribution in [2.75, 3.05) is 38.5 Å². The molecule has 7 heteroatoms. The van der Waals surface area contributed by atoms with Crippen molar-refractivity contribution >= 4 is 26.8 Å². The van der Waals surface area contributed by atoms with Crippen LogP contribution in [-0.4, -0.2) is 67.2 Å². The summed E-state index contributed by atoms with van der Waals surface area (Å²) in [4.78, 5) is 17.3. The molecule has 0 radical (unpaired) electrons. The van der Waals surface area contributed by atoms with Gasteiger partial charge in [0.25, 0.3) is 16.0 Å². The van der Waals surface area contributed by atoms with Gasteiger partial charge >= 0.3 is 0 Å². The van der Waals surface area contributed by atoms with Crippen LogP contribution in [0.3, 0.4) is 0 Å². The summed E-state index contributed by atoms with van der Waals surface area (Å²) in [5.74, 6) is -0.0521. The molecule has 152 valence electrons. The van der Waals surface area contributed by atoms with Crippen LogP contribution in [0.5, 0.6) is 0 Å². The number of hydrogen-bond acceptors (Lipinski definition) is 4. The first-order valence-corrected chi connectivity index (χ1v) is 11.5. The molecule has 1 heterocycles. The average Bonchev–Trinajstić information content (AvgIpc) is 2.69. The average molecular weight is 405 g/mol. The van der Waals surface area contributed by atoms with Crippen molar-refractivity contribution in [1.82, 2.24) is 9.80 Å². The van der Waals surface area contributed by atoms with Crippen LogP contribution in [0.4, 0.5) is 0 Å². The zero-order chi connectivity index (χ0) is 20.0. The van der Waals surface area contributed by atoms with Crippen molar-refractivity contribution in [2.24, 2.45) is 0 Å². The predicted molar refractivity (Wildman–Crippen MR) is 111 cm³/mol. The summed E-state index contributed by atoms with van der Waals surface area (Å²) < 4.78 is 30.1. The number of fused-ring (bicyclic) bond motifs is 1. The predicted octanol–water partition coefficient (Wildman–Crippen LogP) is 3.05. The van der Waals surface area contributed by atoms with E-state index in [1.165, 1.54) is 0 Å². The molecule has 0 unspecified atom stereocenters. The lowest BCUT2D eigenvalue weighted by Gasteiger charge is -2.35. The Labute approximate surface area is 166 Å². The lowest BCUT2D eigenvalue weighted by atomic mass is 10.0. The molecular formula is C21H28N2O4S. The van der Waals surface area contributed by atoms with E-state index in [2.05, 4.69) is 4.90 Å². The Kier molecular flexibility index (Phi) is 7.04. The summed E-state index contributed by atoms with van der Waals surface area (Å²) in [6, 6.07) is 13.9. The number of carbonyl (C=O) groups excluding carboxylic acids is 1. The van der Waals surface area contributed by atoms with E-state index in [9.17, 15) is 13.2 Å². The first-order valence-electron chi connectivity index (χ1n) is 9.88. The van der Waals surface area contributed by atoms with Gasteiger partial charge in [-0.2, -0.15) is 8.42 Å². The SMILES string of the molecule is O=C(c1cccc2ccccc12)N1CCN(CCCCCCS(=O)(=O)O)CC1. The van der Waals surface area contributed by atoms with Gasteiger partial charge in [-0.25, -0.2) is 0 Å². The van der Waals surface area contributed by atoms with Crippen molar-refractivity contribution in [2.45, 2.75) is 25.7 Å². The quantitative estimate of drug-likeness (QED) is 0.540. The van der Waals surface area contributed by atoms with Crippen LogP contribution in [0.2, 0.25) is 0 Å². The Hall–Kier alpha value is -1.96. The van der Waals surface area contributed by atoms with Crippen LogP contribution in [0.1, 0.15) is 36.0 Å². The molecule has 2 aromatic carbocycles. The minimum Gasteiger partial charge on any atom is -0.336 e. The van der Waals surface area contributed by atoms with Crippen LogP contribution in [0.15, 0.2) is 42.5 Å². The third kappa shape index (κ3) is 5.77. The number of carbonyl (C=O) groups is 1. The van der Waals surface area contributed by atoms with E-state index in [0.717, 1.165) is 68.3 Å². The van der Waals surface area contributed by atoms with Gasteiger partial charge in [0, 0.05) is 31.7 Å². The van der Waals surface area contributed by atoms with Crippen LogP contribution in [0, 0.1) is 0 Å². The fourth-order valence-corrected chi connectivity index (χ4v) is 4.30. The van der Waals surface area contributed by atoms with Crippen molar-refractivity contribution < 1.29 is 17.8 Å². The van der Waals surface area contributed by atoms with E-state index in [1.54, 1.807) is 0 Å². The smallest absolute Gasteiger partial charge is 0.264 e. The molecule has 0 spiro atoms. The van der Waals surface area contributed by atoms with E-state index in [4.69, 9.17) is 4.55 Å². The number of rotatable bonds is 8. The summed E-state index contributed by atoms with van der Waals surface area (Å²) in [5, 5.41) is 2.09. The summed E-state index contributed by atoms with van der Waals surface area (Å²) >= 11 is 0. The number of amides is 1. The first kappa shape index (κ1) is 20.8. The van der Waals surface area contributed by atoms with E-state index >= 15 is 0 Å². The highest BCUT2D eigenvalue weighted by molar-refractivity contribution is 7.85. The van der Waals surface area contributed by atoms with Crippen molar-refractivity contribution in [3.63, 3.8) is 0 Å². The van der Waals surface area contributed by atoms with Gasteiger partial charge in [-0.1, -0.05) is 49.2 Å². The fourth-order valence-electron chi connectivity index (χ4n) is 3.73. The zero-order valence-electron chi connectivity index (χ0n) is 16.1. The zero-order valence-corrected chi connectivity index (χ0v) is 16.9. The lowest BCUT2D eigenvalue weighted by molar-refractivity contribution is 0.0637. The Balaban J connectivity index is 1.43. The van der Waals surface area contributed by atoms with E-state index in [0.29, 0.717) is 6.42 Å². The lowest BCUT2D eigenvalue weighted by Crippen LogP contribution is -2.48. The Morgan fingerprint density at radius 1 is 0.893 bits per heavy atom. The number of benzene rings is 2. The van der Waals surface area contributed by atoms with Crippen LogP contribution in [-0.2, 0) is 10.1 Å². The summed E-state index contributed by atoms with van der Waals surface area (Å²) in [6.07, 6.45) is 3.26. The Morgan fingerprint density at radius 2 is 1.57 bits per heavy atom. The second-order valence-corrected chi connectivity index (χ2v) is 8.93. The highest BCUT2D eigenvalue weighted by Crippen LogP contribution is 2.20. The molecule has 1 aliphatic rings. The van der Waals surface area contributed by atoms with Gasteiger partial charge in [-0.3, -0.25) is 14.2 Å². The van der Waals surface area contributed by atoms with E-state index in [-0.39, 0.29) is 11.7 Å². The Morgan fingerprint density at radius 3 is 2.32 bits per heavy atom. The standard InChI is InChI=1S/C21H28N2O4S/c24-21(20-11-7-9-18-8-3-4-10-19(18)20)23-15-13-22(14-16-23)12-5-1-2-6-17-28(25,26)27/h3-4,7-11H,1-2,5-6,12-17H2,(H,25,26,27). The number of hydrogen-bond donors (Lipinski definition) is 1. The molecular weight excluding hydrogens is 376 g/mol. The van der Waals surface area contributed by atoms with Crippen molar-refractivity contribution in [3.8, 4) is 0 Å². The van der Waals surface area contributed by atoms with Gasteiger partial charge in [-0.15, -0.1) is 0 Å². The molecule has 0 saturated carbocycles. The molecule has 1 aliphatic heterocycles. The minimum absolute atomic E-state index is 0.0988. The second-order valence-electron chi connectivity index (χ2n) is 7.36. The maximum Gasteiger partial charge on any atom is 0.264 e. The van der Waals surface area contributed by atoms with Crippen LogP contribution in [0.25, 0.3) is 10.8 Å². The number of unbranched alkanes of at least 4 members (excludes halogenated alkanes) is 3. The fraction of sp³-hybridized carbons (Fsp3) is 0.476. The molecule has 0 aliphatic carbocycles. The first-order chi connectivity index (χ1) is 13.4. The second kappa shape index (κ2) is 9.49. The normalized spacial score (nSPS) is 15.8. The molecule has 1 fully saturated rings. The highest BCUT2D eigenvalue weighted by Gasteiger charge is 2.22. The van der Waals surface area contributed by atoms with Gasteiger partial charge in [-0.05, 0) is 36.2 Å². The minimum atomic E-state index is -3.83. The maximum absolute atomic E-state index is 13.0. The van der Waals surface area contributed by atoms with E-state index < -0.39 is 10.1 Å². The summed E-state index contributed by atoms with van der Waals surface area (Å²) in [5.41, 5.74) is 0.769. The molecule has 3 rings (SSSR count). The topological polar surface area (TPSA) is 77.9 Å². The molecule has 28 heavy (non-hydrogen) atoms. The van der Waals surface area contributed by atoms with Gasteiger partial charge in [0.2, 0.25) is 0 Å². The van der Waals surface area contributed by atoms with Gasteiger partial charge in [0.1, 0.15) is 0 Å². The molecule has 1 saturated heterocycles. The molecule has 1 N–H and O–H groups in total. The molecule has 2 aromatic rings. The van der Waals surface area contributed by atoms with E-state index in [1.807, 2.05) is 47.4 Å². The third-order valence-electron chi connectivity index (χ3n) is 5.31. The van der Waals surface area contributed by atoms with Gasteiger partial charge < -0.3 is 4.90 Å². The highest BCUT2D eigenvalue weighted by atomic mass is 32.2. The monoisotopic (exact) mass is 404 g/mol. The maximum atomic E-state index is 13.0. The summed E-state index contributed by atoms with van der Waals surface area (Å²) in [7, 11) is -3.83. The number of nitrogens with zero attached hydrogens (tertiary/aromatic N) is 2. The van der Waals surface area contributed by atoms with Crippen molar-refractivity contribution in [3.05, 3.63) is 48.0 Å². The Bertz CT molecular complexity index is 900. The largest absolute Gasteiger partial charge is 0.336 e. The third-order valence-corrected chi connectivity index (χ3v) is 6.11. The van der Waals surface area contributed by atoms with Crippen LogP contribution >= 0.6 is 0 Å². The van der Waals surface area contributed by atoms with Gasteiger partial charge in [0.05, 0.1) is 5.75 Å². The molecule has 0 atom stereocenters. The molecule has 0 bridgehead atoms. The van der Waals surface area contributed by atoms with Crippen LogP contribution < -0.4 is 0 Å². The molecule has 0 aromatic heterocycles. The summed E-state index contributed by atoms with van der Waals surface area (Å²) in [6.45, 7) is 4.14. The number of piperazine rings is 1. The van der Waals surface area contributed by atoms with Gasteiger partial charge in [0.15, 0.2) is 0 Å². The van der Waals surface area contributed by atoms with Crippen molar-refractivity contribution in [1.29, 1.82) is 0 Å². The molecule has 6 nitrogen and oxygen atoms in total. The molecule has 1 amide bonds.